The third kappa shape index (κ3) is 4.21. The number of anilines is 1. The Labute approximate surface area is 292 Å². The number of imide groups is 1. The Morgan fingerprint density at radius 2 is 1.76 bits per heavy atom. The highest BCUT2D eigenvalue weighted by Gasteiger charge is 2.69. The van der Waals surface area contributed by atoms with Gasteiger partial charge in [-0.1, -0.05) is 33.1 Å². The smallest absolute Gasteiger partial charge is 0.340 e. The summed E-state index contributed by atoms with van der Waals surface area (Å²) in [7, 11) is 0. The van der Waals surface area contributed by atoms with Crippen molar-refractivity contribution in [3.05, 3.63) is 81.5 Å². The van der Waals surface area contributed by atoms with Crippen molar-refractivity contribution in [2.24, 2.45) is 28.6 Å². The van der Waals surface area contributed by atoms with Gasteiger partial charge in [0.2, 0.25) is 0 Å². The van der Waals surface area contributed by atoms with E-state index in [0.29, 0.717) is 36.4 Å². The number of hydrogen-bond acceptors (Lipinski definition) is 8. The molecule has 6 unspecified atom stereocenters. The van der Waals surface area contributed by atoms with Crippen molar-refractivity contribution in [3.63, 3.8) is 0 Å². The number of ether oxygens (including phenoxy) is 2. The number of nitrogen functional groups attached to an aromatic ring is 1. The van der Waals surface area contributed by atoms with Crippen molar-refractivity contribution in [2.75, 3.05) is 5.73 Å². The van der Waals surface area contributed by atoms with Crippen LogP contribution in [-0.2, 0) is 35.1 Å². The maximum atomic E-state index is 14.5. The van der Waals surface area contributed by atoms with Crippen molar-refractivity contribution in [1.82, 2.24) is 9.88 Å². The van der Waals surface area contributed by atoms with E-state index in [1.54, 1.807) is 6.20 Å². The van der Waals surface area contributed by atoms with Crippen LogP contribution in [0.5, 0.6) is 0 Å². The topological polar surface area (TPSA) is 129 Å². The Morgan fingerprint density at radius 3 is 2.50 bits per heavy atom. The Kier molecular flexibility index (Phi) is 7.21. The molecular weight excluding hydrogens is 630 g/mol. The molecule has 6 aliphatic carbocycles. The van der Waals surface area contributed by atoms with Crippen molar-refractivity contribution in [1.29, 1.82) is 0 Å². The predicted octanol–water partition coefficient (Wildman–Crippen LogP) is 6.67. The molecule has 4 heterocycles. The van der Waals surface area contributed by atoms with Crippen LogP contribution >= 0.6 is 0 Å². The van der Waals surface area contributed by atoms with Crippen molar-refractivity contribution < 1.29 is 28.7 Å². The maximum Gasteiger partial charge on any atom is 0.340 e. The minimum atomic E-state index is -0.829. The molecule has 9 aliphatic rings. The quantitative estimate of drug-likeness (QED) is 0.262. The van der Waals surface area contributed by atoms with Gasteiger partial charge in [0.1, 0.15) is 17.3 Å². The number of carbonyl (C=O) groups excluding carboxylic acids is 4. The van der Waals surface area contributed by atoms with E-state index in [9.17, 15) is 19.2 Å². The van der Waals surface area contributed by atoms with Gasteiger partial charge in [-0.2, -0.15) is 0 Å². The van der Waals surface area contributed by atoms with E-state index in [1.165, 1.54) is 29.9 Å². The average molecular weight is 676 g/mol. The van der Waals surface area contributed by atoms with Crippen LogP contribution in [-0.4, -0.2) is 39.7 Å². The summed E-state index contributed by atoms with van der Waals surface area (Å²) in [6, 6.07) is 1.46. The normalized spacial score (nSPS) is 35.2. The van der Waals surface area contributed by atoms with E-state index in [-0.39, 0.29) is 46.9 Å². The van der Waals surface area contributed by atoms with Crippen LogP contribution in [0.1, 0.15) is 108 Å². The first kappa shape index (κ1) is 31.7. The third-order valence-corrected chi connectivity index (χ3v) is 13.8. The number of carbonyl (C=O) groups is 4. The molecule has 1 aromatic rings. The molecular formula is C41H45N3O6. The van der Waals surface area contributed by atoms with E-state index in [4.69, 9.17) is 15.2 Å². The van der Waals surface area contributed by atoms with Gasteiger partial charge in [-0.05, 0) is 116 Å². The van der Waals surface area contributed by atoms with Gasteiger partial charge >= 0.3 is 11.9 Å². The number of nitrogens with two attached hydrogens (primary N) is 1. The molecule has 0 radical (unpaired) electrons. The third-order valence-electron chi connectivity index (χ3n) is 13.8. The van der Waals surface area contributed by atoms with Crippen molar-refractivity contribution in [3.8, 4) is 0 Å². The van der Waals surface area contributed by atoms with Crippen LogP contribution in [0, 0.1) is 28.6 Å². The number of unbranched alkanes of at least 4 members (excludes halogenated alkanes) is 1. The molecule has 260 valence electrons. The number of pyridine rings is 1. The SMILES string of the molecule is CCCC=C1OC(=O)C2=C(C3c4ccnc(N)c4CCC3N3C(=O)C=CC3=O)C3CCC12C1C2=C(CCC31)C(=CC1(CC)CCCC1)OC2=O. The Morgan fingerprint density at radius 1 is 0.980 bits per heavy atom. The van der Waals surface area contributed by atoms with Gasteiger partial charge in [0.25, 0.3) is 11.8 Å². The second-order valence-corrected chi connectivity index (χ2v) is 15.8. The summed E-state index contributed by atoms with van der Waals surface area (Å²) in [6.45, 7) is 4.34. The maximum absolute atomic E-state index is 14.5. The molecule has 0 aromatic carbocycles. The molecule has 1 aromatic heterocycles. The van der Waals surface area contributed by atoms with Crippen LogP contribution < -0.4 is 5.73 Å². The fraction of sp³-hybridized carbons (Fsp3) is 0.537. The largest absolute Gasteiger partial charge is 0.427 e. The van der Waals surface area contributed by atoms with Gasteiger partial charge in [0.05, 0.1) is 17.0 Å². The van der Waals surface area contributed by atoms with Gasteiger partial charge in [0.15, 0.2) is 0 Å². The van der Waals surface area contributed by atoms with Crippen molar-refractivity contribution in [2.45, 2.75) is 109 Å². The minimum absolute atomic E-state index is 0.0461. The fourth-order valence-corrected chi connectivity index (χ4v) is 11.7. The van der Waals surface area contributed by atoms with Gasteiger partial charge in [-0.25, -0.2) is 14.6 Å². The number of amides is 2. The summed E-state index contributed by atoms with van der Waals surface area (Å²) < 4.78 is 12.6. The molecule has 3 fully saturated rings. The highest BCUT2D eigenvalue weighted by Crippen LogP contribution is 2.72. The molecule has 9 nitrogen and oxygen atoms in total. The number of aromatic nitrogens is 1. The van der Waals surface area contributed by atoms with E-state index >= 15 is 0 Å². The Balaban J connectivity index is 1.27. The number of nitrogens with zero attached hydrogens (tertiary/aromatic N) is 2. The van der Waals surface area contributed by atoms with Gasteiger partial charge in [-0.3, -0.25) is 14.5 Å². The molecule has 50 heavy (non-hydrogen) atoms. The van der Waals surface area contributed by atoms with E-state index in [1.807, 2.05) is 6.07 Å². The van der Waals surface area contributed by atoms with E-state index in [0.717, 1.165) is 85.0 Å². The zero-order valence-electron chi connectivity index (χ0n) is 29.0. The summed E-state index contributed by atoms with van der Waals surface area (Å²) in [5.74, 6) is -0.163. The average Bonchev–Trinajstić information content (AvgIpc) is 3.88. The first-order chi connectivity index (χ1) is 24.2. The van der Waals surface area contributed by atoms with Crippen LogP contribution in [0.3, 0.4) is 0 Å². The van der Waals surface area contributed by atoms with Crippen LogP contribution in [0.25, 0.3) is 0 Å². The molecule has 1 spiro atoms. The molecule has 9 heteroatoms. The Bertz CT molecular complexity index is 1890. The minimum Gasteiger partial charge on any atom is -0.427 e. The highest BCUT2D eigenvalue weighted by molar-refractivity contribution is 6.13. The molecule has 2 N–H and O–H groups in total. The lowest BCUT2D eigenvalue weighted by Crippen LogP contribution is -2.55. The summed E-state index contributed by atoms with van der Waals surface area (Å²) >= 11 is 0. The van der Waals surface area contributed by atoms with Gasteiger partial charge in [0, 0.05) is 41.3 Å². The van der Waals surface area contributed by atoms with Crippen molar-refractivity contribution >= 4 is 29.6 Å². The highest BCUT2D eigenvalue weighted by atomic mass is 16.5. The zero-order valence-corrected chi connectivity index (χ0v) is 29.0. The number of fused-ring (bicyclic) bond motifs is 2. The zero-order chi connectivity index (χ0) is 34.5. The molecule has 2 bridgehead atoms. The predicted molar refractivity (Wildman–Crippen MR) is 184 cm³/mol. The summed E-state index contributed by atoms with van der Waals surface area (Å²) in [4.78, 5) is 61.1. The lowest BCUT2D eigenvalue weighted by Gasteiger charge is -2.58. The number of allylic oxidation sites excluding steroid dienone is 4. The van der Waals surface area contributed by atoms with Crippen LogP contribution in [0.15, 0.2) is 70.4 Å². The van der Waals surface area contributed by atoms with E-state index in [2.05, 4.69) is 31.0 Å². The number of cyclic esters (lactones) is 2. The summed E-state index contributed by atoms with van der Waals surface area (Å²) in [6.07, 6.45) is 20.1. The Hall–Kier alpha value is -4.27. The first-order valence-corrected chi connectivity index (χ1v) is 18.9. The number of esters is 2. The number of rotatable bonds is 6. The lowest BCUT2D eigenvalue weighted by molar-refractivity contribution is -0.140. The van der Waals surface area contributed by atoms with E-state index < -0.39 is 17.4 Å². The lowest BCUT2D eigenvalue weighted by atomic mass is 9.43. The summed E-state index contributed by atoms with van der Waals surface area (Å²) in [5.41, 5.74) is 10.9. The molecule has 6 atom stereocenters. The fourth-order valence-electron chi connectivity index (χ4n) is 11.7. The molecule has 2 saturated carbocycles. The van der Waals surface area contributed by atoms with Crippen LogP contribution in [0.4, 0.5) is 5.82 Å². The van der Waals surface area contributed by atoms with Crippen LogP contribution in [0.2, 0.25) is 0 Å². The number of hydrogen-bond donors (Lipinski definition) is 1. The second-order valence-electron chi connectivity index (χ2n) is 15.8. The molecule has 10 rings (SSSR count). The standard InChI is InChI=1S/C41H45N3O6/c1-3-5-8-29-41-19-15-22(24-9-10-26-28(49-38(47)34(26)35(24)41)21-40(4-2)17-6-7-18-40)33(36(41)39(48)50-29)32-23-16-20-43-37(42)25(23)11-12-27(32)44-30(45)13-14-31(44)46/h8,13-14,16,20-22,24,27,32,35H,3-7,9-12,15,17-19H2,1-2H3,(H2,42,43). The first-order valence-electron chi connectivity index (χ1n) is 18.9. The molecule has 3 aliphatic heterocycles. The van der Waals surface area contributed by atoms with Gasteiger partial charge in [-0.15, -0.1) is 0 Å². The van der Waals surface area contributed by atoms with Gasteiger partial charge < -0.3 is 15.2 Å². The molecule has 2 amide bonds. The molecule has 1 saturated heterocycles. The second kappa shape index (κ2) is 11.4. The summed E-state index contributed by atoms with van der Waals surface area (Å²) in [5, 5.41) is 0. The monoisotopic (exact) mass is 675 g/mol.